The van der Waals surface area contributed by atoms with Gasteiger partial charge in [-0.05, 0) is 25.6 Å². The zero-order valence-electron chi connectivity index (χ0n) is 11.7. The largest absolute Gasteiger partial charge is 0.469 e. The molecule has 1 aromatic carbocycles. The number of furan rings is 1. The molecule has 2 rings (SSSR count). The Balaban J connectivity index is 2.48. The van der Waals surface area contributed by atoms with E-state index in [-0.39, 0.29) is 11.9 Å². The fraction of sp³-hybridized carbons (Fsp3) is 0.375. The molecule has 1 N–H and O–H groups in total. The fourth-order valence-electron chi connectivity index (χ4n) is 2.37. The average Bonchev–Trinajstić information content (AvgIpc) is 2.87. The number of nitrogens with one attached hydrogen (secondary N) is 1. The number of benzene rings is 1. The average molecular weight is 261 g/mol. The summed E-state index contributed by atoms with van der Waals surface area (Å²) in [6, 6.07) is 6.99. The molecule has 102 valence electrons. The molecule has 0 saturated heterocycles. The van der Waals surface area contributed by atoms with Gasteiger partial charge in [0.15, 0.2) is 0 Å². The van der Waals surface area contributed by atoms with E-state index >= 15 is 0 Å². The molecular formula is C16H20FNO. The van der Waals surface area contributed by atoms with Crippen LogP contribution in [0.4, 0.5) is 4.39 Å². The number of halogens is 1. The Morgan fingerprint density at radius 2 is 2.00 bits per heavy atom. The molecule has 0 bridgehead atoms. The Morgan fingerprint density at radius 1 is 1.21 bits per heavy atom. The van der Waals surface area contributed by atoms with Gasteiger partial charge in [0.25, 0.3) is 0 Å². The van der Waals surface area contributed by atoms with Gasteiger partial charge in [-0.1, -0.05) is 31.5 Å². The minimum atomic E-state index is -0.181. The summed E-state index contributed by atoms with van der Waals surface area (Å²) in [5, 5.41) is 3.34. The quantitative estimate of drug-likeness (QED) is 0.880. The second-order valence-electron chi connectivity index (χ2n) is 4.67. The molecule has 0 radical (unpaired) electrons. The molecule has 2 aromatic rings. The minimum absolute atomic E-state index is 0.154. The van der Waals surface area contributed by atoms with E-state index in [4.69, 9.17) is 4.42 Å². The molecule has 0 aliphatic heterocycles. The predicted octanol–water partition coefficient (Wildman–Crippen LogP) is 3.99. The Kier molecular flexibility index (Phi) is 4.38. The lowest BCUT2D eigenvalue weighted by atomic mass is 9.96. The maximum Gasteiger partial charge on any atom is 0.128 e. The first-order valence-corrected chi connectivity index (χ1v) is 6.73. The predicted molar refractivity (Wildman–Crippen MR) is 74.7 cm³/mol. The summed E-state index contributed by atoms with van der Waals surface area (Å²) in [5.41, 5.74) is 2.76. The van der Waals surface area contributed by atoms with Gasteiger partial charge in [-0.3, -0.25) is 0 Å². The maximum atomic E-state index is 14.1. The third-order valence-electron chi connectivity index (χ3n) is 3.28. The third kappa shape index (κ3) is 2.87. The van der Waals surface area contributed by atoms with Gasteiger partial charge in [0.2, 0.25) is 0 Å². The molecule has 3 heteroatoms. The second kappa shape index (κ2) is 6.02. The fourth-order valence-corrected chi connectivity index (χ4v) is 2.37. The standard InChI is InChI=1S/C16H20FNO/c1-4-15-12(8-9-19-15)16(18-5-2)13-10-11(3)6-7-14(13)17/h6-10,16,18H,4-5H2,1-3H3. The first-order chi connectivity index (χ1) is 9.17. The molecular weight excluding hydrogens is 241 g/mol. The van der Waals surface area contributed by atoms with Crippen LogP contribution >= 0.6 is 0 Å². The highest BCUT2D eigenvalue weighted by Gasteiger charge is 2.21. The van der Waals surface area contributed by atoms with Gasteiger partial charge < -0.3 is 9.73 Å². The van der Waals surface area contributed by atoms with E-state index in [1.54, 1.807) is 12.3 Å². The van der Waals surface area contributed by atoms with Gasteiger partial charge in [0, 0.05) is 17.5 Å². The molecule has 1 unspecified atom stereocenters. The van der Waals surface area contributed by atoms with Crippen molar-refractivity contribution in [3.05, 3.63) is 58.8 Å². The monoisotopic (exact) mass is 261 g/mol. The van der Waals surface area contributed by atoms with E-state index < -0.39 is 0 Å². The summed E-state index contributed by atoms with van der Waals surface area (Å²) < 4.78 is 19.6. The lowest BCUT2D eigenvalue weighted by Crippen LogP contribution is -2.23. The number of hydrogen-bond donors (Lipinski definition) is 1. The summed E-state index contributed by atoms with van der Waals surface area (Å²) in [5.74, 6) is 0.728. The normalized spacial score (nSPS) is 12.6. The van der Waals surface area contributed by atoms with Crippen LogP contribution in [0.25, 0.3) is 0 Å². The van der Waals surface area contributed by atoms with Crippen LogP contribution in [0.3, 0.4) is 0 Å². The molecule has 1 heterocycles. The van der Waals surface area contributed by atoms with E-state index in [0.717, 1.165) is 29.9 Å². The second-order valence-corrected chi connectivity index (χ2v) is 4.67. The maximum absolute atomic E-state index is 14.1. The Bertz CT molecular complexity index is 547. The Hall–Kier alpha value is -1.61. The van der Waals surface area contributed by atoms with Crippen LogP contribution in [0.15, 0.2) is 34.9 Å². The Morgan fingerprint density at radius 3 is 2.68 bits per heavy atom. The highest BCUT2D eigenvalue weighted by atomic mass is 19.1. The molecule has 0 aliphatic rings. The van der Waals surface area contributed by atoms with E-state index in [1.165, 1.54) is 6.07 Å². The Labute approximate surface area is 113 Å². The van der Waals surface area contributed by atoms with Crippen LogP contribution in [-0.4, -0.2) is 6.54 Å². The minimum Gasteiger partial charge on any atom is -0.469 e. The van der Waals surface area contributed by atoms with Crippen molar-refractivity contribution in [1.29, 1.82) is 0 Å². The van der Waals surface area contributed by atoms with Gasteiger partial charge in [0.1, 0.15) is 11.6 Å². The van der Waals surface area contributed by atoms with E-state index in [9.17, 15) is 4.39 Å². The van der Waals surface area contributed by atoms with Crippen molar-refractivity contribution in [1.82, 2.24) is 5.32 Å². The molecule has 0 saturated carbocycles. The highest BCUT2D eigenvalue weighted by Crippen LogP contribution is 2.28. The van der Waals surface area contributed by atoms with Gasteiger partial charge >= 0.3 is 0 Å². The van der Waals surface area contributed by atoms with Crippen molar-refractivity contribution in [2.75, 3.05) is 6.54 Å². The number of aryl methyl sites for hydroxylation is 2. The lowest BCUT2D eigenvalue weighted by Gasteiger charge is -2.19. The molecule has 1 atom stereocenters. The van der Waals surface area contributed by atoms with Crippen LogP contribution in [-0.2, 0) is 6.42 Å². The van der Waals surface area contributed by atoms with Crippen molar-refractivity contribution in [2.45, 2.75) is 33.2 Å². The summed E-state index contributed by atoms with van der Waals surface area (Å²) >= 11 is 0. The van der Waals surface area contributed by atoms with Crippen molar-refractivity contribution in [3.8, 4) is 0 Å². The molecule has 0 spiro atoms. The highest BCUT2D eigenvalue weighted by molar-refractivity contribution is 5.36. The zero-order chi connectivity index (χ0) is 13.8. The number of hydrogen-bond acceptors (Lipinski definition) is 2. The molecule has 0 fully saturated rings. The van der Waals surface area contributed by atoms with Crippen LogP contribution < -0.4 is 5.32 Å². The molecule has 0 amide bonds. The van der Waals surface area contributed by atoms with Gasteiger partial charge in [-0.25, -0.2) is 4.39 Å². The lowest BCUT2D eigenvalue weighted by molar-refractivity contribution is 0.497. The first-order valence-electron chi connectivity index (χ1n) is 6.73. The van der Waals surface area contributed by atoms with E-state index in [2.05, 4.69) is 5.32 Å². The SMILES string of the molecule is CCNC(c1cc(C)ccc1F)c1ccoc1CC. The molecule has 0 aliphatic carbocycles. The van der Waals surface area contributed by atoms with Crippen LogP contribution in [0.1, 0.15) is 42.3 Å². The summed E-state index contributed by atoms with van der Waals surface area (Å²) in [7, 11) is 0. The molecule has 2 nitrogen and oxygen atoms in total. The van der Waals surface area contributed by atoms with Gasteiger partial charge in [-0.2, -0.15) is 0 Å². The molecule has 19 heavy (non-hydrogen) atoms. The van der Waals surface area contributed by atoms with Crippen molar-refractivity contribution < 1.29 is 8.81 Å². The van der Waals surface area contributed by atoms with Crippen molar-refractivity contribution >= 4 is 0 Å². The van der Waals surface area contributed by atoms with E-state index in [1.807, 2.05) is 32.9 Å². The zero-order valence-corrected chi connectivity index (χ0v) is 11.7. The number of rotatable bonds is 5. The summed E-state index contributed by atoms with van der Waals surface area (Å²) in [6.45, 7) is 6.80. The van der Waals surface area contributed by atoms with Crippen LogP contribution in [0.2, 0.25) is 0 Å². The topological polar surface area (TPSA) is 25.2 Å². The van der Waals surface area contributed by atoms with Crippen molar-refractivity contribution in [2.24, 2.45) is 0 Å². The first kappa shape index (κ1) is 13.8. The third-order valence-corrected chi connectivity index (χ3v) is 3.28. The van der Waals surface area contributed by atoms with Gasteiger partial charge in [-0.15, -0.1) is 0 Å². The molecule has 1 aromatic heterocycles. The van der Waals surface area contributed by atoms with Crippen molar-refractivity contribution in [3.63, 3.8) is 0 Å². The van der Waals surface area contributed by atoms with Gasteiger partial charge in [0.05, 0.1) is 12.3 Å². The smallest absolute Gasteiger partial charge is 0.128 e. The van der Waals surface area contributed by atoms with E-state index in [0.29, 0.717) is 5.56 Å². The summed E-state index contributed by atoms with van der Waals surface area (Å²) in [4.78, 5) is 0. The van der Waals surface area contributed by atoms with Crippen LogP contribution in [0.5, 0.6) is 0 Å². The summed E-state index contributed by atoms with van der Waals surface area (Å²) in [6.07, 6.45) is 2.48. The van der Waals surface area contributed by atoms with Crippen LogP contribution in [0, 0.1) is 12.7 Å².